The van der Waals surface area contributed by atoms with Gasteiger partial charge in [-0.25, -0.2) is 18.0 Å². The van der Waals surface area contributed by atoms with Crippen molar-refractivity contribution in [1.29, 1.82) is 0 Å². The lowest BCUT2D eigenvalue weighted by Crippen LogP contribution is -2.53. The monoisotopic (exact) mass is 863 g/mol. The normalized spacial score (nSPS) is 16.3. The van der Waals surface area contributed by atoms with Crippen molar-refractivity contribution in [2.75, 3.05) is 38.6 Å². The number of hydroxylamine groups is 2. The fourth-order valence-electron chi connectivity index (χ4n) is 6.65. The van der Waals surface area contributed by atoms with E-state index in [1.807, 2.05) is 44.2 Å². The summed E-state index contributed by atoms with van der Waals surface area (Å²) in [7, 11) is -4.12. The largest absolute Gasteiger partial charge is 0.459 e. The Balaban J connectivity index is 1.21. The minimum atomic E-state index is -4.12. The van der Waals surface area contributed by atoms with E-state index >= 15 is 0 Å². The Morgan fingerprint density at radius 2 is 1.56 bits per heavy atom. The zero-order valence-corrected chi connectivity index (χ0v) is 35.1. The van der Waals surface area contributed by atoms with Crippen LogP contribution in [-0.2, 0) is 49.9 Å². The highest BCUT2D eigenvalue weighted by molar-refractivity contribution is 7.89. The van der Waals surface area contributed by atoms with Gasteiger partial charge in [-0.2, -0.15) is 4.31 Å². The standard InChI is InChI=1S/C43H53N5O12S/c1-29(2)26-47(61(55,56)35-18-16-33(44)17-19-35)27-37(36(25-30-9-5-3-6-10-30)46-43(54)58-34-22-24-57-28-34)59-40(51)11-7-4-8-23-45-41(52)31-12-14-32(15-13-31)42(53)60-48-38(49)20-21-39(48)50/h3,5-6,9-10,12-19,29,34,36-37H,4,7-8,11,20-28,44H2,1-2H3,(H,45,52)(H,46,54)/t34-,36-,37+/m0/s1. The molecule has 61 heavy (non-hydrogen) atoms. The van der Waals surface area contributed by atoms with E-state index in [2.05, 4.69) is 10.6 Å². The number of amides is 4. The van der Waals surface area contributed by atoms with Crippen LogP contribution in [0.2, 0.25) is 0 Å². The molecule has 2 fully saturated rings. The molecule has 0 aromatic heterocycles. The minimum absolute atomic E-state index is 0.0137. The molecule has 0 bridgehead atoms. The first-order valence-corrected chi connectivity index (χ1v) is 21.7. The van der Waals surface area contributed by atoms with Crippen LogP contribution in [0.5, 0.6) is 0 Å². The number of rotatable bonds is 21. The number of esters is 1. The number of nitrogens with one attached hydrogen (secondary N) is 2. The highest BCUT2D eigenvalue weighted by atomic mass is 32.2. The molecule has 3 aromatic rings. The van der Waals surface area contributed by atoms with Gasteiger partial charge in [0.15, 0.2) is 0 Å². The molecule has 0 radical (unpaired) electrons. The maximum atomic E-state index is 14.1. The lowest BCUT2D eigenvalue weighted by atomic mass is 10.0. The maximum absolute atomic E-state index is 14.1. The molecule has 4 N–H and O–H groups in total. The predicted octanol–water partition coefficient (Wildman–Crippen LogP) is 4.16. The fourth-order valence-corrected chi connectivity index (χ4v) is 8.27. The van der Waals surface area contributed by atoms with E-state index in [-0.39, 0.29) is 73.9 Å². The number of carbonyl (C=O) groups is 6. The summed E-state index contributed by atoms with van der Waals surface area (Å²) in [4.78, 5) is 80.4. The van der Waals surface area contributed by atoms with E-state index in [0.29, 0.717) is 43.0 Å². The molecule has 3 atom stereocenters. The summed E-state index contributed by atoms with van der Waals surface area (Å²) in [5.74, 6) is -3.22. The van der Waals surface area contributed by atoms with Crippen molar-refractivity contribution in [2.24, 2.45) is 5.92 Å². The second kappa shape index (κ2) is 22.1. The molecule has 328 valence electrons. The van der Waals surface area contributed by atoms with Crippen molar-refractivity contribution in [1.82, 2.24) is 20.0 Å². The molecule has 5 rings (SSSR count). The average Bonchev–Trinajstić information content (AvgIpc) is 3.86. The number of alkyl carbamates (subject to hydrolysis) is 1. The molecular weight excluding hydrogens is 811 g/mol. The Hall–Kier alpha value is -5.85. The highest BCUT2D eigenvalue weighted by Gasteiger charge is 2.36. The van der Waals surface area contributed by atoms with Gasteiger partial charge in [-0.15, -0.1) is 5.06 Å². The molecule has 2 heterocycles. The van der Waals surface area contributed by atoms with Crippen molar-refractivity contribution in [3.63, 3.8) is 0 Å². The number of nitrogens with two attached hydrogens (primary N) is 1. The zero-order chi connectivity index (χ0) is 43.9. The van der Waals surface area contributed by atoms with Crippen LogP contribution in [0, 0.1) is 5.92 Å². The summed E-state index contributed by atoms with van der Waals surface area (Å²) in [6.07, 6.45) is -0.259. The van der Waals surface area contributed by atoms with Crippen LogP contribution in [0.25, 0.3) is 0 Å². The molecule has 0 aliphatic carbocycles. The molecule has 17 nitrogen and oxygen atoms in total. The third-order valence-corrected chi connectivity index (χ3v) is 11.7. The van der Waals surface area contributed by atoms with Crippen molar-refractivity contribution in [2.45, 2.75) is 88.4 Å². The third kappa shape index (κ3) is 13.8. The van der Waals surface area contributed by atoms with Gasteiger partial charge >= 0.3 is 18.0 Å². The van der Waals surface area contributed by atoms with Crippen molar-refractivity contribution >= 4 is 51.5 Å². The first kappa shape index (κ1) is 46.2. The zero-order valence-electron chi connectivity index (χ0n) is 34.3. The van der Waals surface area contributed by atoms with Crippen LogP contribution in [0.1, 0.15) is 85.1 Å². The number of hydrogen-bond donors (Lipinski definition) is 3. The number of nitrogen functional groups attached to an aromatic ring is 1. The van der Waals surface area contributed by atoms with Crippen molar-refractivity contribution in [3.05, 3.63) is 95.6 Å². The van der Waals surface area contributed by atoms with E-state index in [1.165, 1.54) is 52.8 Å². The Morgan fingerprint density at radius 3 is 2.20 bits per heavy atom. The van der Waals surface area contributed by atoms with E-state index in [9.17, 15) is 37.2 Å². The van der Waals surface area contributed by atoms with Gasteiger partial charge in [-0.05, 0) is 79.3 Å². The smallest absolute Gasteiger partial charge is 0.407 e. The number of imide groups is 1. The van der Waals surface area contributed by atoms with E-state index in [0.717, 1.165) is 5.56 Å². The van der Waals surface area contributed by atoms with Crippen LogP contribution in [0.15, 0.2) is 83.8 Å². The summed E-state index contributed by atoms with van der Waals surface area (Å²) in [5.41, 5.74) is 7.37. The summed E-state index contributed by atoms with van der Waals surface area (Å²) in [6.45, 7) is 4.55. The molecule has 2 aliphatic rings. The third-order valence-electron chi connectivity index (χ3n) is 9.87. The minimum Gasteiger partial charge on any atom is -0.459 e. The number of sulfonamides is 1. The highest BCUT2D eigenvalue weighted by Crippen LogP contribution is 2.23. The summed E-state index contributed by atoms with van der Waals surface area (Å²) in [5, 5.41) is 6.11. The van der Waals surface area contributed by atoms with Gasteiger partial charge in [0.05, 0.1) is 36.3 Å². The van der Waals surface area contributed by atoms with Gasteiger partial charge in [0.25, 0.3) is 17.7 Å². The fraction of sp³-hybridized carbons (Fsp3) is 0.442. The Bertz CT molecular complexity index is 2080. The molecule has 2 saturated heterocycles. The molecule has 0 unspecified atom stereocenters. The summed E-state index contributed by atoms with van der Waals surface area (Å²) < 4.78 is 46.5. The van der Waals surface area contributed by atoms with E-state index in [4.69, 9.17) is 24.8 Å². The van der Waals surface area contributed by atoms with Gasteiger partial charge in [0.1, 0.15) is 12.2 Å². The first-order chi connectivity index (χ1) is 29.2. The number of hydrogen-bond acceptors (Lipinski definition) is 13. The number of anilines is 1. The molecule has 0 spiro atoms. The van der Waals surface area contributed by atoms with Crippen LogP contribution in [-0.4, -0.2) is 105 Å². The van der Waals surface area contributed by atoms with E-state index in [1.54, 1.807) is 0 Å². The average molecular weight is 864 g/mol. The van der Waals surface area contributed by atoms with Crippen molar-refractivity contribution in [3.8, 4) is 0 Å². The summed E-state index contributed by atoms with van der Waals surface area (Å²) in [6, 6.07) is 19.7. The molecule has 0 saturated carbocycles. The van der Waals surface area contributed by atoms with Gasteiger partial charge < -0.3 is 35.4 Å². The molecule has 2 aliphatic heterocycles. The summed E-state index contributed by atoms with van der Waals surface area (Å²) >= 11 is 0. The second-order valence-corrected chi connectivity index (χ2v) is 17.2. The maximum Gasteiger partial charge on any atom is 0.407 e. The number of carbonyl (C=O) groups excluding carboxylic acids is 6. The molecule has 4 amide bonds. The lowest BCUT2D eigenvalue weighted by molar-refractivity contribution is -0.172. The van der Waals surface area contributed by atoms with Gasteiger partial charge in [0, 0.05) is 50.0 Å². The van der Waals surface area contributed by atoms with Crippen molar-refractivity contribution < 1.29 is 56.2 Å². The Morgan fingerprint density at radius 1 is 0.885 bits per heavy atom. The second-order valence-electron chi connectivity index (χ2n) is 15.2. The Labute approximate surface area is 355 Å². The number of benzene rings is 3. The van der Waals surface area contributed by atoms with Crippen LogP contribution in [0.3, 0.4) is 0 Å². The molecule has 3 aromatic carbocycles. The Kier molecular flexibility index (Phi) is 16.8. The van der Waals surface area contributed by atoms with Gasteiger partial charge in [0.2, 0.25) is 10.0 Å². The molecular formula is C43H53N5O12S. The van der Waals surface area contributed by atoms with Crippen LogP contribution >= 0.6 is 0 Å². The predicted molar refractivity (Wildman–Crippen MR) is 221 cm³/mol. The first-order valence-electron chi connectivity index (χ1n) is 20.3. The SMILES string of the molecule is CC(C)CN(C[C@@H](OC(=O)CCCCCNC(=O)c1ccc(C(=O)ON2C(=O)CCC2=O)cc1)[C@H](Cc1ccccc1)NC(=O)O[C@H]1CCOC1)S(=O)(=O)c1ccc(N)cc1. The number of nitrogens with zero attached hydrogens (tertiary/aromatic N) is 2. The lowest BCUT2D eigenvalue weighted by Gasteiger charge is -2.33. The van der Waals surface area contributed by atoms with Crippen LogP contribution in [0.4, 0.5) is 10.5 Å². The number of ether oxygens (including phenoxy) is 3. The van der Waals surface area contributed by atoms with Gasteiger partial charge in [-0.1, -0.05) is 50.6 Å². The quantitative estimate of drug-likeness (QED) is 0.0592. The van der Waals surface area contributed by atoms with E-state index < -0.39 is 64.0 Å². The van der Waals surface area contributed by atoms with Crippen LogP contribution < -0.4 is 16.4 Å². The van der Waals surface area contributed by atoms with Gasteiger partial charge in [-0.3, -0.25) is 19.2 Å². The number of unbranched alkanes of at least 4 members (excludes halogenated alkanes) is 2. The molecule has 18 heteroatoms. The topological polar surface area (TPSA) is 230 Å².